The van der Waals surface area contributed by atoms with E-state index in [4.69, 9.17) is 4.42 Å². The molecule has 1 aromatic carbocycles. The van der Waals surface area contributed by atoms with Crippen molar-refractivity contribution in [1.29, 1.82) is 0 Å². The Bertz CT molecular complexity index is 551. The van der Waals surface area contributed by atoms with E-state index in [0.717, 1.165) is 17.7 Å². The lowest BCUT2D eigenvalue weighted by atomic mass is 10.1. The van der Waals surface area contributed by atoms with Gasteiger partial charge in [0.25, 0.3) is 0 Å². The normalized spacial score (nSPS) is 10.1. The largest absolute Gasteiger partial charge is 0.434 e. The predicted octanol–water partition coefficient (Wildman–Crippen LogP) is 4.25. The highest BCUT2D eigenvalue weighted by Crippen LogP contribution is 2.19. The number of carbonyl (C=O) groups excluding carboxylic acids is 1. The van der Waals surface area contributed by atoms with Gasteiger partial charge in [-0.1, -0.05) is 25.1 Å². The second-order valence-corrected chi connectivity index (χ2v) is 4.48. The molecule has 2 rings (SSSR count). The van der Waals surface area contributed by atoms with Crippen LogP contribution in [0.5, 0.6) is 0 Å². The maximum atomic E-state index is 11.8. The van der Waals surface area contributed by atoms with Gasteiger partial charge in [0.2, 0.25) is 5.88 Å². The highest BCUT2D eigenvalue weighted by Gasteiger charge is 2.07. The van der Waals surface area contributed by atoms with Crippen molar-refractivity contribution >= 4 is 33.5 Å². The lowest BCUT2D eigenvalue weighted by molar-refractivity contribution is 0.261. The summed E-state index contributed by atoms with van der Waals surface area (Å²) < 4.78 is 5.77. The first kappa shape index (κ1) is 12.7. The molecule has 0 aliphatic heterocycles. The molecule has 0 spiro atoms. The van der Waals surface area contributed by atoms with Crippen molar-refractivity contribution in [3.8, 4) is 0 Å². The molecule has 0 aliphatic rings. The number of anilines is 2. The van der Waals surface area contributed by atoms with Gasteiger partial charge in [0.05, 0.1) is 0 Å². The standard InChI is InChI=1S/C13H13BrN2O2/c1-2-9-5-3-4-6-10(9)15-13(17)16-12-8-7-11(14)18-12/h3-8H,2H2,1H3,(H2,15,16,17). The van der Waals surface area contributed by atoms with Crippen molar-refractivity contribution in [1.82, 2.24) is 0 Å². The third-order valence-corrected chi connectivity index (χ3v) is 2.88. The average molecular weight is 309 g/mol. The number of nitrogens with one attached hydrogen (secondary N) is 2. The molecule has 0 unspecified atom stereocenters. The van der Waals surface area contributed by atoms with Crippen molar-refractivity contribution in [2.45, 2.75) is 13.3 Å². The van der Waals surface area contributed by atoms with Crippen LogP contribution >= 0.6 is 15.9 Å². The Morgan fingerprint density at radius 3 is 2.67 bits per heavy atom. The van der Waals surface area contributed by atoms with E-state index in [1.165, 1.54) is 0 Å². The lowest BCUT2D eigenvalue weighted by Crippen LogP contribution is -2.19. The molecule has 2 aromatic rings. The van der Waals surface area contributed by atoms with Gasteiger partial charge in [-0.15, -0.1) is 0 Å². The van der Waals surface area contributed by atoms with Gasteiger partial charge in [0, 0.05) is 11.8 Å². The number of urea groups is 1. The molecular weight excluding hydrogens is 296 g/mol. The molecule has 0 saturated heterocycles. The number of halogens is 1. The smallest absolute Gasteiger partial charge is 0.326 e. The Morgan fingerprint density at radius 1 is 1.22 bits per heavy atom. The van der Waals surface area contributed by atoms with Crippen LogP contribution in [-0.2, 0) is 6.42 Å². The SMILES string of the molecule is CCc1ccccc1NC(=O)Nc1ccc(Br)o1. The van der Waals surface area contributed by atoms with Gasteiger partial charge in [-0.2, -0.15) is 0 Å². The fraction of sp³-hybridized carbons (Fsp3) is 0.154. The quantitative estimate of drug-likeness (QED) is 0.890. The number of furan rings is 1. The monoisotopic (exact) mass is 308 g/mol. The second kappa shape index (κ2) is 5.73. The topological polar surface area (TPSA) is 54.3 Å². The highest BCUT2D eigenvalue weighted by atomic mass is 79.9. The van der Waals surface area contributed by atoms with Gasteiger partial charge in [-0.25, -0.2) is 4.79 Å². The summed E-state index contributed by atoms with van der Waals surface area (Å²) in [7, 11) is 0. The second-order valence-electron chi connectivity index (χ2n) is 3.69. The molecule has 2 amide bonds. The summed E-state index contributed by atoms with van der Waals surface area (Å²) in [6.45, 7) is 2.04. The number of hydrogen-bond acceptors (Lipinski definition) is 2. The van der Waals surface area contributed by atoms with E-state index in [2.05, 4.69) is 26.6 Å². The summed E-state index contributed by atoms with van der Waals surface area (Å²) in [4.78, 5) is 11.8. The molecule has 1 aromatic heterocycles. The summed E-state index contributed by atoms with van der Waals surface area (Å²) in [5, 5.41) is 5.41. The maximum absolute atomic E-state index is 11.8. The Hall–Kier alpha value is -1.75. The van der Waals surface area contributed by atoms with Crippen LogP contribution in [0.25, 0.3) is 0 Å². The summed E-state index contributed by atoms with van der Waals surface area (Å²) in [5.74, 6) is 0.397. The van der Waals surface area contributed by atoms with Crippen LogP contribution in [0.2, 0.25) is 0 Å². The number of para-hydroxylation sites is 1. The number of rotatable bonds is 3. The third-order valence-electron chi connectivity index (χ3n) is 2.46. The Morgan fingerprint density at radius 2 is 2.00 bits per heavy atom. The van der Waals surface area contributed by atoms with Crippen LogP contribution < -0.4 is 10.6 Å². The molecule has 0 bridgehead atoms. The summed E-state index contributed by atoms with van der Waals surface area (Å²) in [5.41, 5.74) is 1.90. The zero-order valence-corrected chi connectivity index (χ0v) is 11.5. The van der Waals surface area contributed by atoms with Crippen molar-refractivity contribution in [3.05, 3.63) is 46.6 Å². The van der Waals surface area contributed by atoms with Crippen LogP contribution in [0.4, 0.5) is 16.4 Å². The molecule has 2 N–H and O–H groups in total. The Labute approximate surface area is 114 Å². The van der Waals surface area contributed by atoms with Gasteiger partial charge in [0.15, 0.2) is 4.67 Å². The van der Waals surface area contributed by atoms with E-state index in [-0.39, 0.29) is 6.03 Å². The minimum Gasteiger partial charge on any atom is -0.434 e. The van der Waals surface area contributed by atoms with E-state index < -0.39 is 0 Å². The molecule has 0 radical (unpaired) electrons. The van der Waals surface area contributed by atoms with Gasteiger partial charge in [-0.3, -0.25) is 5.32 Å². The summed E-state index contributed by atoms with van der Waals surface area (Å²) in [6.07, 6.45) is 0.864. The fourth-order valence-corrected chi connectivity index (χ4v) is 1.90. The zero-order chi connectivity index (χ0) is 13.0. The van der Waals surface area contributed by atoms with Gasteiger partial charge in [0.1, 0.15) is 0 Å². The van der Waals surface area contributed by atoms with Gasteiger partial charge >= 0.3 is 6.03 Å². The first-order chi connectivity index (χ1) is 8.69. The highest BCUT2D eigenvalue weighted by molar-refractivity contribution is 9.10. The van der Waals surface area contributed by atoms with Gasteiger partial charge in [-0.05, 0) is 40.0 Å². The molecule has 94 valence electrons. The molecule has 0 aliphatic carbocycles. The van der Waals surface area contributed by atoms with Crippen molar-refractivity contribution in [2.24, 2.45) is 0 Å². The number of amides is 2. The molecular formula is C13H13BrN2O2. The van der Waals surface area contributed by atoms with Crippen LogP contribution in [0.1, 0.15) is 12.5 Å². The van der Waals surface area contributed by atoms with Crippen LogP contribution in [0.3, 0.4) is 0 Å². The minimum absolute atomic E-state index is 0.322. The van der Waals surface area contributed by atoms with Crippen molar-refractivity contribution in [2.75, 3.05) is 10.6 Å². The molecule has 1 heterocycles. The Balaban J connectivity index is 2.03. The molecule has 0 saturated carbocycles. The Kier molecular flexibility index (Phi) is 4.04. The molecule has 0 fully saturated rings. The van der Waals surface area contributed by atoms with Crippen LogP contribution in [-0.4, -0.2) is 6.03 Å². The lowest BCUT2D eigenvalue weighted by Gasteiger charge is -2.09. The van der Waals surface area contributed by atoms with Gasteiger partial charge < -0.3 is 9.73 Å². The third kappa shape index (κ3) is 3.13. The first-order valence-corrected chi connectivity index (χ1v) is 6.39. The van der Waals surface area contributed by atoms with E-state index in [1.807, 2.05) is 31.2 Å². The molecule has 18 heavy (non-hydrogen) atoms. The number of benzene rings is 1. The van der Waals surface area contributed by atoms with Crippen molar-refractivity contribution in [3.63, 3.8) is 0 Å². The molecule has 4 nitrogen and oxygen atoms in total. The van der Waals surface area contributed by atoms with E-state index in [1.54, 1.807) is 12.1 Å². The van der Waals surface area contributed by atoms with E-state index >= 15 is 0 Å². The zero-order valence-electron chi connectivity index (χ0n) is 9.87. The van der Waals surface area contributed by atoms with Crippen LogP contribution in [0, 0.1) is 0 Å². The first-order valence-electron chi connectivity index (χ1n) is 5.60. The maximum Gasteiger partial charge on any atom is 0.326 e. The number of carbonyl (C=O) groups is 1. The predicted molar refractivity (Wildman–Crippen MR) is 74.9 cm³/mol. The van der Waals surface area contributed by atoms with E-state index in [9.17, 15) is 4.79 Å². The fourth-order valence-electron chi connectivity index (χ4n) is 1.60. The molecule has 5 heteroatoms. The number of hydrogen-bond donors (Lipinski definition) is 2. The molecule has 0 atom stereocenters. The summed E-state index contributed by atoms with van der Waals surface area (Å²) in [6, 6.07) is 10.8. The average Bonchev–Trinajstić information content (AvgIpc) is 2.75. The van der Waals surface area contributed by atoms with Crippen molar-refractivity contribution < 1.29 is 9.21 Å². The summed E-state index contributed by atoms with van der Waals surface area (Å²) >= 11 is 3.17. The van der Waals surface area contributed by atoms with Crippen LogP contribution in [0.15, 0.2) is 45.5 Å². The number of aryl methyl sites for hydroxylation is 1. The minimum atomic E-state index is -0.322. The van der Waals surface area contributed by atoms with E-state index in [0.29, 0.717) is 10.6 Å².